The van der Waals surface area contributed by atoms with Crippen molar-refractivity contribution >= 4 is 0 Å². The predicted octanol–water partition coefficient (Wildman–Crippen LogP) is 6.08. The molecule has 0 amide bonds. The Labute approximate surface area is 169 Å². The van der Waals surface area contributed by atoms with Gasteiger partial charge in [-0.25, -0.2) is 4.39 Å². The van der Waals surface area contributed by atoms with Gasteiger partial charge in [-0.2, -0.15) is 5.26 Å². The standard InChI is InChI=1S/C25H31FN2/c1-19(2)28(17-21-9-5-4-6-10-21)20(3)15-16-25(18-27,22-13-14-22)23-11-7-8-12-24(23)26/h4-12,19-20,22H,13-17H2,1-3H3. The summed E-state index contributed by atoms with van der Waals surface area (Å²) in [7, 11) is 0. The van der Waals surface area contributed by atoms with E-state index in [1.807, 2.05) is 18.2 Å². The van der Waals surface area contributed by atoms with Crippen LogP contribution in [-0.4, -0.2) is 17.0 Å². The number of rotatable bonds is 9. The van der Waals surface area contributed by atoms with E-state index >= 15 is 0 Å². The van der Waals surface area contributed by atoms with Crippen LogP contribution in [0.25, 0.3) is 0 Å². The molecule has 1 fully saturated rings. The number of halogens is 1. The summed E-state index contributed by atoms with van der Waals surface area (Å²) in [5, 5.41) is 10.1. The van der Waals surface area contributed by atoms with Gasteiger partial charge >= 0.3 is 0 Å². The van der Waals surface area contributed by atoms with Crippen LogP contribution in [0.2, 0.25) is 0 Å². The van der Waals surface area contributed by atoms with Crippen molar-refractivity contribution in [2.24, 2.45) is 5.92 Å². The molecule has 2 nitrogen and oxygen atoms in total. The number of hydrogen-bond donors (Lipinski definition) is 0. The molecule has 0 spiro atoms. The lowest BCUT2D eigenvalue weighted by Gasteiger charge is -2.35. The molecule has 0 bridgehead atoms. The third kappa shape index (κ3) is 4.45. The summed E-state index contributed by atoms with van der Waals surface area (Å²) >= 11 is 0. The second-order valence-corrected chi connectivity index (χ2v) is 8.48. The van der Waals surface area contributed by atoms with Crippen molar-refractivity contribution in [3.63, 3.8) is 0 Å². The van der Waals surface area contributed by atoms with Crippen LogP contribution in [0.1, 0.15) is 57.6 Å². The molecule has 28 heavy (non-hydrogen) atoms. The molecule has 0 N–H and O–H groups in total. The maximum absolute atomic E-state index is 14.6. The fourth-order valence-electron chi connectivity index (χ4n) is 4.41. The van der Waals surface area contributed by atoms with E-state index in [1.165, 1.54) is 11.6 Å². The molecule has 2 unspecified atom stereocenters. The van der Waals surface area contributed by atoms with Gasteiger partial charge < -0.3 is 0 Å². The van der Waals surface area contributed by atoms with Gasteiger partial charge in [-0.15, -0.1) is 0 Å². The number of hydrogen-bond acceptors (Lipinski definition) is 2. The lowest BCUT2D eigenvalue weighted by atomic mass is 9.73. The van der Waals surface area contributed by atoms with E-state index in [0.717, 1.165) is 25.8 Å². The van der Waals surface area contributed by atoms with Crippen LogP contribution in [0.15, 0.2) is 54.6 Å². The molecule has 0 saturated heterocycles. The van der Waals surface area contributed by atoms with Gasteiger partial charge in [0.25, 0.3) is 0 Å². The molecule has 3 rings (SSSR count). The Morgan fingerprint density at radius 2 is 1.71 bits per heavy atom. The normalized spacial score (nSPS) is 17.3. The second kappa shape index (κ2) is 8.88. The maximum Gasteiger partial charge on any atom is 0.128 e. The molecule has 0 aliphatic heterocycles. The lowest BCUT2D eigenvalue weighted by molar-refractivity contribution is 0.139. The van der Waals surface area contributed by atoms with Crippen molar-refractivity contribution in [1.82, 2.24) is 4.90 Å². The Balaban J connectivity index is 1.77. The highest BCUT2D eigenvalue weighted by Gasteiger charge is 2.48. The van der Waals surface area contributed by atoms with Crippen LogP contribution in [0.5, 0.6) is 0 Å². The quantitative estimate of drug-likeness (QED) is 0.529. The van der Waals surface area contributed by atoms with Crippen LogP contribution in [0, 0.1) is 23.1 Å². The first-order valence-electron chi connectivity index (χ1n) is 10.4. The number of nitriles is 1. The number of nitrogens with zero attached hydrogens (tertiary/aromatic N) is 2. The second-order valence-electron chi connectivity index (χ2n) is 8.48. The van der Waals surface area contributed by atoms with Crippen molar-refractivity contribution in [2.45, 2.75) is 70.5 Å². The third-order valence-electron chi connectivity index (χ3n) is 6.22. The van der Waals surface area contributed by atoms with E-state index < -0.39 is 5.41 Å². The van der Waals surface area contributed by atoms with E-state index in [2.05, 4.69) is 56.0 Å². The van der Waals surface area contributed by atoms with Crippen molar-refractivity contribution < 1.29 is 4.39 Å². The SMILES string of the molecule is CC(C)N(Cc1ccccc1)C(C)CCC(C#N)(c1ccccc1F)C1CC1. The van der Waals surface area contributed by atoms with Gasteiger partial charge in [0, 0.05) is 24.2 Å². The van der Waals surface area contributed by atoms with Gasteiger partial charge in [0.1, 0.15) is 5.82 Å². The fourth-order valence-corrected chi connectivity index (χ4v) is 4.41. The molecule has 1 aliphatic carbocycles. The van der Waals surface area contributed by atoms with E-state index in [1.54, 1.807) is 6.07 Å². The zero-order valence-corrected chi connectivity index (χ0v) is 17.2. The minimum Gasteiger partial charge on any atom is -0.294 e. The van der Waals surface area contributed by atoms with E-state index in [4.69, 9.17) is 0 Å². The van der Waals surface area contributed by atoms with Gasteiger partial charge in [0.2, 0.25) is 0 Å². The van der Waals surface area contributed by atoms with Gasteiger partial charge in [-0.1, -0.05) is 48.5 Å². The third-order valence-corrected chi connectivity index (χ3v) is 6.22. The molecule has 1 saturated carbocycles. The predicted molar refractivity (Wildman–Crippen MR) is 112 cm³/mol. The highest BCUT2D eigenvalue weighted by atomic mass is 19.1. The van der Waals surface area contributed by atoms with Crippen molar-refractivity contribution in [3.8, 4) is 6.07 Å². The zero-order chi connectivity index (χ0) is 20.1. The molecule has 2 aromatic rings. The van der Waals surface area contributed by atoms with Crippen LogP contribution in [0.4, 0.5) is 4.39 Å². The highest BCUT2D eigenvalue weighted by molar-refractivity contribution is 5.36. The Bertz CT molecular complexity index is 807. The van der Waals surface area contributed by atoms with Crippen molar-refractivity contribution in [2.75, 3.05) is 0 Å². The first kappa shape index (κ1) is 20.6. The van der Waals surface area contributed by atoms with Gasteiger partial charge in [-0.05, 0) is 64.0 Å². The van der Waals surface area contributed by atoms with Crippen LogP contribution in [-0.2, 0) is 12.0 Å². The first-order valence-corrected chi connectivity index (χ1v) is 10.4. The summed E-state index contributed by atoms with van der Waals surface area (Å²) in [5.41, 5.74) is 1.19. The minimum atomic E-state index is -0.699. The van der Waals surface area contributed by atoms with Crippen molar-refractivity contribution in [1.29, 1.82) is 5.26 Å². The Hall–Kier alpha value is -2.18. The van der Waals surface area contributed by atoms with Gasteiger partial charge in [-0.3, -0.25) is 4.90 Å². The smallest absolute Gasteiger partial charge is 0.128 e. The highest BCUT2D eigenvalue weighted by Crippen LogP contribution is 2.50. The number of benzene rings is 2. The lowest BCUT2D eigenvalue weighted by Crippen LogP contribution is -2.40. The molecule has 3 heteroatoms. The summed E-state index contributed by atoms with van der Waals surface area (Å²) in [5.74, 6) is 0.0387. The molecular weight excluding hydrogens is 347 g/mol. The molecule has 1 aliphatic rings. The average molecular weight is 379 g/mol. The summed E-state index contributed by atoms with van der Waals surface area (Å²) in [6.07, 6.45) is 3.63. The largest absolute Gasteiger partial charge is 0.294 e. The minimum absolute atomic E-state index is 0.242. The Morgan fingerprint density at radius 1 is 1.07 bits per heavy atom. The van der Waals surface area contributed by atoms with Crippen LogP contribution in [0.3, 0.4) is 0 Å². The molecule has 148 valence electrons. The molecule has 0 aromatic heterocycles. The van der Waals surface area contributed by atoms with Crippen molar-refractivity contribution in [3.05, 3.63) is 71.5 Å². The summed E-state index contributed by atoms with van der Waals surface area (Å²) < 4.78 is 14.6. The molecular formula is C25H31FN2. The summed E-state index contributed by atoms with van der Waals surface area (Å²) in [6, 6.07) is 20.6. The Kier molecular flexibility index (Phi) is 6.52. The average Bonchev–Trinajstić information content (AvgIpc) is 3.54. The summed E-state index contributed by atoms with van der Waals surface area (Å²) in [6.45, 7) is 7.56. The molecule has 2 atom stereocenters. The van der Waals surface area contributed by atoms with Gasteiger partial charge in [0.05, 0.1) is 11.5 Å². The summed E-state index contributed by atoms with van der Waals surface area (Å²) in [4.78, 5) is 2.48. The molecule has 0 radical (unpaired) electrons. The van der Waals surface area contributed by atoms with E-state index in [9.17, 15) is 9.65 Å². The van der Waals surface area contributed by atoms with E-state index in [-0.39, 0.29) is 11.7 Å². The Morgan fingerprint density at radius 3 is 2.29 bits per heavy atom. The fraction of sp³-hybridized carbons (Fsp3) is 0.480. The molecule has 0 heterocycles. The van der Waals surface area contributed by atoms with Crippen LogP contribution < -0.4 is 0 Å². The maximum atomic E-state index is 14.6. The van der Waals surface area contributed by atoms with Crippen LogP contribution >= 0.6 is 0 Å². The monoisotopic (exact) mass is 378 g/mol. The van der Waals surface area contributed by atoms with Gasteiger partial charge in [0.15, 0.2) is 0 Å². The van der Waals surface area contributed by atoms with E-state index in [0.29, 0.717) is 24.1 Å². The topological polar surface area (TPSA) is 27.0 Å². The molecule has 2 aromatic carbocycles. The first-order chi connectivity index (χ1) is 13.5. The zero-order valence-electron chi connectivity index (χ0n) is 17.2.